The van der Waals surface area contributed by atoms with Crippen molar-refractivity contribution in [2.75, 3.05) is 6.54 Å². The van der Waals surface area contributed by atoms with Gasteiger partial charge in [0.15, 0.2) is 0 Å². The van der Waals surface area contributed by atoms with E-state index in [4.69, 9.17) is 4.74 Å². The van der Waals surface area contributed by atoms with Crippen molar-refractivity contribution in [3.8, 4) is 0 Å². The van der Waals surface area contributed by atoms with Crippen LogP contribution >= 0.6 is 15.9 Å². The molecule has 22 heavy (non-hydrogen) atoms. The number of alkyl carbamates (subject to hydrolysis) is 1. The highest BCUT2D eigenvalue weighted by Gasteiger charge is 2.33. The van der Waals surface area contributed by atoms with E-state index in [0.29, 0.717) is 5.92 Å². The van der Waals surface area contributed by atoms with Gasteiger partial charge in [-0.3, -0.25) is 0 Å². The molecule has 1 amide bonds. The maximum Gasteiger partial charge on any atom is 0.407 e. The smallest absolute Gasteiger partial charge is 0.407 e. The number of hydrogen-bond donors (Lipinski definition) is 2. The average Bonchev–Trinajstić information content (AvgIpc) is 3.22. The molecule has 1 atom stereocenters. The summed E-state index contributed by atoms with van der Waals surface area (Å²) in [5.74, 6) is 0.574. The molecule has 1 aromatic carbocycles. The first-order valence-electron chi connectivity index (χ1n) is 7.78. The Morgan fingerprint density at radius 2 is 1.95 bits per heavy atom. The molecule has 1 aromatic rings. The first-order chi connectivity index (χ1) is 10.3. The van der Waals surface area contributed by atoms with Crippen molar-refractivity contribution in [2.24, 2.45) is 5.92 Å². The summed E-state index contributed by atoms with van der Waals surface area (Å²) in [5.41, 5.74) is 0.776. The third kappa shape index (κ3) is 6.36. The van der Waals surface area contributed by atoms with E-state index in [-0.39, 0.29) is 12.1 Å². The first-order valence-corrected chi connectivity index (χ1v) is 8.57. The van der Waals surface area contributed by atoms with Crippen LogP contribution < -0.4 is 10.6 Å². The molecule has 0 aromatic heterocycles. The van der Waals surface area contributed by atoms with Crippen LogP contribution in [0.25, 0.3) is 0 Å². The van der Waals surface area contributed by atoms with Crippen LogP contribution in [0.2, 0.25) is 0 Å². The molecule has 5 heteroatoms. The quantitative estimate of drug-likeness (QED) is 0.801. The Balaban J connectivity index is 1.77. The van der Waals surface area contributed by atoms with Crippen LogP contribution in [0.4, 0.5) is 4.79 Å². The Bertz CT molecular complexity index is 492. The van der Waals surface area contributed by atoms with Crippen molar-refractivity contribution in [2.45, 2.75) is 51.8 Å². The molecule has 0 bridgehead atoms. The number of halogens is 1. The Kier molecular flexibility index (Phi) is 5.87. The van der Waals surface area contributed by atoms with Crippen LogP contribution in [0.3, 0.4) is 0 Å². The Morgan fingerprint density at radius 1 is 1.32 bits per heavy atom. The van der Waals surface area contributed by atoms with E-state index in [2.05, 4.69) is 38.7 Å². The lowest BCUT2D eigenvalue weighted by Crippen LogP contribution is -2.45. The monoisotopic (exact) mass is 368 g/mol. The summed E-state index contributed by atoms with van der Waals surface area (Å²) < 4.78 is 6.42. The molecule has 1 fully saturated rings. The maximum atomic E-state index is 11.9. The van der Waals surface area contributed by atoms with Crippen LogP contribution in [-0.2, 0) is 11.3 Å². The molecule has 122 valence electrons. The molecule has 2 N–H and O–H groups in total. The van der Waals surface area contributed by atoms with E-state index >= 15 is 0 Å². The minimum Gasteiger partial charge on any atom is -0.444 e. The van der Waals surface area contributed by atoms with Crippen LogP contribution in [0.5, 0.6) is 0 Å². The second-order valence-electron chi connectivity index (χ2n) is 6.85. The Morgan fingerprint density at radius 3 is 2.50 bits per heavy atom. The summed E-state index contributed by atoms with van der Waals surface area (Å²) >= 11 is 3.43. The van der Waals surface area contributed by atoms with E-state index in [1.165, 1.54) is 18.4 Å². The topological polar surface area (TPSA) is 50.4 Å². The van der Waals surface area contributed by atoms with Gasteiger partial charge < -0.3 is 15.4 Å². The number of benzene rings is 1. The summed E-state index contributed by atoms with van der Waals surface area (Å²) in [6.07, 6.45) is 2.04. The van der Waals surface area contributed by atoms with Crippen molar-refractivity contribution in [3.63, 3.8) is 0 Å². The number of rotatable bonds is 6. The molecule has 0 radical (unpaired) electrons. The van der Waals surface area contributed by atoms with Gasteiger partial charge in [-0.25, -0.2) is 4.79 Å². The maximum absolute atomic E-state index is 11.9. The summed E-state index contributed by atoms with van der Waals surface area (Å²) in [6, 6.07) is 8.39. The molecule has 0 spiro atoms. The number of hydrogen-bond acceptors (Lipinski definition) is 3. The van der Waals surface area contributed by atoms with Gasteiger partial charge in [-0.2, -0.15) is 0 Å². The molecule has 4 nitrogen and oxygen atoms in total. The number of nitrogens with one attached hydrogen (secondary N) is 2. The van der Waals surface area contributed by atoms with Crippen LogP contribution in [0, 0.1) is 5.92 Å². The average molecular weight is 369 g/mol. The molecular weight excluding hydrogens is 344 g/mol. The lowest BCUT2D eigenvalue weighted by atomic mass is 10.1. The van der Waals surface area contributed by atoms with E-state index in [1.54, 1.807) is 0 Å². The van der Waals surface area contributed by atoms with Gasteiger partial charge in [0.05, 0.1) is 0 Å². The number of amides is 1. The third-order valence-electron chi connectivity index (χ3n) is 3.50. The van der Waals surface area contributed by atoms with Crippen molar-refractivity contribution in [1.82, 2.24) is 10.6 Å². The van der Waals surface area contributed by atoms with Crippen LogP contribution in [0.15, 0.2) is 28.7 Å². The van der Waals surface area contributed by atoms with Gasteiger partial charge in [0.2, 0.25) is 0 Å². The predicted molar refractivity (Wildman–Crippen MR) is 91.7 cm³/mol. The molecular formula is C17H25BrN2O2. The molecule has 1 aliphatic rings. The van der Waals surface area contributed by atoms with Crippen molar-refractivity contribution in [3.05, 3.63) is 34.3 Å². The molecule has 1 aliphatic carbocycles. The van der Waals surface area contributed by atoms with E-state index < -0.39 is 5.60 Å². The summed E-state index contributed by atoms with van der Waals surface area (Å²) in [6.45, 7) is 7.20. The van der Waals surface area contributed by atoms with E-state index in [9.17, 15) is 4.79 Å². The number of ether oxygens (including phenoxy) is 1. The Hall–Kier alpha value is -1.07. The zero-order valence-corrected chi connectivity index (χ0v) is 15.1. The lowest BCUT2D eigenvalue weighted by Gasteiger charge is -2.24. The van der Waals surface area contributed by atoms with Gasteiger partial charge in [0, 0.05) is 23.6 Å². The molecule has 0 heterocycles. The third-order valence-corrected chi connectivity index (χ3v) is 4.03. The number of carbonyl (C=O) groups excluding carboxylic acids is 1. The van der Waals surface area contributed by atoms with Crippen molar-refractivity contribution >= 4 is 22.0 Å². The fourth-order valence-electron chi connectivity index (χ4n) is 2.27. The van der Waals surface area contributed by atoms with Gasteiger partial charge in [0.1, 0.15) is 5.60 Å². The summed E-state index contributed by atoms with van der Waals surface area (Å²) in [7, 11) is 0. The van der Waals surface area contributed by atoms with Crippen LogP contribution in [0.1, 0.15) is 39.2 Å². The molecule has 0 saturated heterocycles. The summed E-state index contributed by atoms with van der Waals surface area (Å²) in [4.78, 5) is 11.9. The SMILES string of the molecule is CC(C)(C)OC(=O)NC(CNCc1ccc(Br)cc1)C1CC1. The minimum atomic E-state index is -0.455. The van der Waals surface area contributed by atoms with Gasteiger partial charge in [-0.1, -0.05) is 28.1 Å². The van der Waals surface area contributed by atoms with E-state index in [1.807, 2.05) is 32.9 Å². The molecule has 0 aliphatic heterocycles. The Labute approximate surface area is 141 Å². The second-order valence-corrected chi connectivity index (χ2v) is 7.76. The van der Waals surface area contributed by atoms with Gasteiger partial charge in [-0.15, -0.1) is 0 Å². The highest BCUT2D eigenvalue weighted by Crippen LogP contribution is 2.32. The largest absolute Gasteiger partial charge is 0.444 e. The van der Waals surface area contributed by atoms with E-state index in [0.717, 1.165) is 17.6 Å². The first kappa shape index (κ1) is 17.3. The molecule has 1 saturated carbocycles. The van der Waals surface area contributed by atoms with Gasteiger partial charge in [0.25, 0.3) is 0 Å². The highest BCUT2D eigenvalue weighted by molar-refractivity contribution is 9.10. The zero-order valence-electron chi connectivity index (χ0n) is 13.5. The predicted octanol–water partition coefficient (Wildman–Crippen LogP) is 3.84. The van der Waals surface area contributed by atoms with Gasteiger partial charge >= 0.3 is 6.09 Å². The summed E-state index contributed by atoms with van der Waals surface area (Å²) in [5, 5.41) is 6.42. The second kappa shape index (κ2) is 7.47. The van der Waals surface area contributed by atoms with Gasteiger partial charge in [-0.05, 0) is 57.2 Å². The van der Waals surface area contributed by atoms with Crippen molar-refractivity contribution in [1.29, 1.82) is 0 Å². The molecule has 1 unspecified atom stereocenters. The van der Waals surface area contributed by atoms with Crippen molar-refractivity contribution < 1.29 is 9.53 Å². The highest BCUT2D eigenvalue weighted by atomic mass is 79.9. The normalized spacial score (nSPS) is 16.2. The number of carbonyl (C=O) groups is 1. The fourth-order valence-corrected chi connectivity index (χ4v) is 2.53. The standard InChI is InChI=1S/C17H25BrN2O2/c1-17(2,3)22-16(21)20-15(13-6-7-13)11-19-10-12-4-8-14(18)9-5-12/h4-5,8-9,13,15,19H,6-7,10-11H2,1-3H3,(H,20,21). The zero-order chi connectivity index (χ0) is 16.2. The molecule has 2 rings (SSSR count). The van der Waals surface area contributed by atoms with Crippen LogP contribution in [-0.4, -0.2) is 24.3 Å². The minimum absolute atomic E-state index is 0.144. The fraction of sp³-hybridized carbons (Fsp3) is 0.588. The lowest BCUT2D eigenvalue weighted by molar-refractivity contribution is 0.0497.